The highest BCUT2D eigenvalue weighted by molar-refractivity contribution is 9.10. The fraction of sp³-hybridized carbons (Fsp3) is 0.0588. The Bertz CT molecular complexity index is 830. The zero-order valence-electron chi connectivity index (χ0n) is 11.4. The second-order valence-corrected chi connectivity index (χ2v) is 5.70. The number of aromatic nitrogens is 1. The second kappa shape index (κ2) is 5.66. The third-order valence-corrected chi connectivity index (χ3v) is 3.93. The maximum atomic E-state index is 12.4. The van der Waals surface area contributed by atoms with E-state index in [9.17, 15) is 4.79 Å². The van der Waals surface area contributed by atoms with Crippen LogP contribution >= 0.6 is 15.9 Å². The molecule has 1 amide bonds. The third kappa shape index (κ3) is 2.95. The number of hydrogen-bond acceptors (Lipinski definition) is 2. The van der Waals surface area contributed by atoms with Gasteiger partial charge in [-0.25, -0.2) is 0 Å². The lowest BCUT2D eigenvalue weighted by Gasteiger charge is -2.09. The van der Waals surface area contributed by atoms with Crippen molar-refractivity contribution in [1.29, 1.82) is 0 Å². The van der Waals surface area contributed by atoms with Crippen LogP contribution in [0.25, 0.3) is 10.9 Å². The quantitative estimate of drug-likeness (QED) is 0.743. The SMILES string of the molecule is Cc1ccc(Br)c(NC(=O)c2ccc3ncccc3c2)c1. The highest BCUT2D eigenvalue weighted by atomic mass is 79.9. The molecule has 0 bridgehead atoms. The molecule has 0 radical (unpaired) electrons. The number of amides is 1. The maximum Gasteiger partial charge on any atom is 0.255 e. The van der Waals surface area contributed by atoms with Crippen LogP contribution in [-0.2, 0) is 0 Å². The molecule has 0 aliphatic rings. The summed E-state index contributed by atoms with van der Waals surface area (Å²) in [5.41, 5.74) is 3.36. The molecule has 3 aromatic rings. The summed E-state index contributed by atoms with van der Waals surface area (Å²) in [6, 6.07) is 15.1. The first-order chi connectivity index (χ1) is 10.1. The van der Waals surface area contributed by atoms with Gasteiger partial charge < -0.3 is 5.32 Å². The van der Waals surface area contributed by atoms with Gasteiger partial charge in [0.05, 0.1) is 11.2 Å². The number of nitrogens with one attached hydrogen (secondary N) is 1. The van der Waals surface area contributed by atoms with E-state index in [1.165, 1.54) is 0 Å². The molecule has 1 aromatic heterocycles. The Kier molecular flexibility index (Phi) is 3.71. The Balaban J connectivity index is 1.91. The Hall–Kier alpha value is -2.20. The van der Waals surface area contributed by atoms with E-state index in [2.05, 4.69) is 26.2 Å². The molecule has 0 saturated carbocycles. The molecule has 0 atom stereocenters. The molecule has 1 N–H and O–H groups in total. The first-order valence-electron chi connectivity index (χ1n) is 6.56. The van der Waals surface area contributed by atoms with Crippen molar-refractivity contribution in [1.82, 2.24) is 4.98 Å². The Morgan fingerprint density at radius 2 is 2.00 bits per heavy atom. The normalized spacial score (nSPS) is 10.6. The topological polar surface area (TPSA) is 42.0 Å². The van der Waals surface area contributed by atoms with E-state index in [-0.39, 0.29) is 5.91 Å². The van der Waals surface area contributed by atoms with Crippen LogP contribution in [0.2, 0.25) is 0 Å². The summed E-state index contributed by atoms with van der Waals surface area (Å²) >= 11 is 3.45. The van der Waals surface area contributed by atoms with Crippen LogP contribution in [-0.4, -0.2) is 10.9 Å². The van der Waals surface area contributed by atoms with Gasteiger partial charge in [-0.2, -0.15) is 0 Å². The van der Waals surface area contributed by atoms with E-state index >= 15 is 0 Å². The molecule has 2 aromatic carbocycles. The number of aryl methyl sites for hydroxylation is 1. The third-order valence-electron chi connectivity index (χ3n) is 3.24. The summed E-state index contributed by atoms with van der Waals surface area (Å²) in [5.74, 6) is -0.132. The minimum atomic E-state index is -0.132. The van der Waals surface area contributed by atoms with Gasteiger partial charge in [-0.3, -0.25) is 9.78 Å². The smallest absolute Gasteiger partial charge is 0.255 e. The van der Waals surface area contributed by atoms with E-state index in [0.717, 1.165) is 26.6 Å². The van der Waals surface area contributed by atoms with E-state index in [1.54, 1.807) is 12.3 Å². The number of hydrogen-bond donors (Lipinski definition) is 1. The average molecular weight is 341 g/mol. The molecule has 0 fully saturated rings. The monoisotopic (exact) mass is 340 g/mol. The maximum absolute atomic E-state index is 12.4. The highest BCUT2D eigenvalue weighted by Crippen LogP contribution is 2.24. The number of anilines is 1. The summed E-state index contributed by atoms with van der Waals surface area (Å²) in [6.07, 6.45) is 1.74. The fourth-order valence-corrected chi connectivity index (χ4v) is 2.49. The lowest BCUT2D eigenvalue weighted by Crippen LogP contribution is -2.12. The fourth-order valence-electron chi connectivity index (χ4n) is 2.15. The molecule has 3 rings (SSSR count). The van der Waals surface area contributed by atoms with Gasteiger partial charge in [-0.15, -0.1) is 0 Å². The highest BCUT2D eigenvalue weighted by Gasteiger charge is 2.09. The van der Waals surface area contributed by atoms with E-state index in [1.807, 2.05) is 49.4 Å². The van der Waals surface area contributed by atoms with Crippen LogP contribution in [0.1, 0.15) is 15.9 Å². The first kappa shape index (κ1) is 13.8. The number of carbonyl (C=O) groups excluding carboxylic acids is 1. The number of fused-ring (bicyclic) bond motifs is 1. The van der Waals surface area contributed by atoms with E-state index in [4.69, 9.17) is 0 Å². The first-order valence-corrected chi connectivity index (χ1v) is 7.35. The molecule has 21 heavy (non-hydrogen) atoms. The molecular formula is C17H13BrN2O. The predicted octanol–water partition coefficient (Wildman–Crippen LogP) is 4.56. The number of benzene rings is 2. The zero-order chi connectivity index (χ0) is 14.8. The number of pyridine rings is 1. The van der Waals surface area contributed by atoms with Crippen LogP contribution in [0, 0.1) is 6.92 Å². The lowest BCUT2D eigenvalue weighted by molar-refractivity contribution is 0.102. The molecule has 3 nitrogen and oxygen atoms in total. The van der Waals surface area contributed by atoms with Crippen molar-refractivity contribution in [3.63, 3.8) is 0 Å². The Morgan fingerprint density at radius 3 is 2.86 bits per heavy atom. The number of carbonyl (C=O) groups is 1. The van der Waals surface area contributed by atoms with Crippen molar-refractivity contribution in [2.24, 2.45) is 0 Å². The van der Waals surface area contributed by atoms with Gasteiger partial charge in [0.1, 0.15) is 0 Å². The van der Waals surface area contributed by atoms with Crippen molar-refractivity contribution >= 4 is 38.4 Å². The van der Waals surface area contributed by atoms with Gasteiger partial charge in [0.15, 0.2) is 0 Å². The molecule has 104 valence electrons. The summed E-state index contributed by atoms with van der Waals surface area (Å²) < 4.78 is 0.865. The number of halogens is 1. The van der Waals surface area contributed by atoms with Crippen molar-refractivity contribution < 1.29 is 4.79 Å². The molecular weight excluding hydrogens is 328 g/mol. The predicted molar refractivity (Wildman–Crippen MR) is 88.6 cm³/mol. The average Bonchev–Trinajstić information content (AvgIpc) is 2.50. The van der Waals surface area contributed by atoms with Crippen molar-refractivity contribution in [3.05, 3.63) is 70.3 Å². The zero-order valence-corrected chi connectivity index (χ0v) is 13.0. The van der Waals surface area contributed by atoms with Gasteiger partial charge in [-0.05, 0) is 64.8 Å². The minimum Gasteiger partial charge on any atom is -0.321 e. The van der Waals surface area contributed by atoms with Crippen molar-refractivity contribution in [2.75, 3.05) is 5.32 Å². The van der Waals surface area contributed by atoms with Crippen LogP contribution in [0.5, 0.6) is 0 Å². The standard InChI is InChI=1S/C17H13BrN2O/c1-11-4-6-14(18)16(9-11)20-17(21)13-5-7-15-12(10-13)3-2-8-19-15/h2-10H,1H3,(H,20,21). The van der Waals surface area contributed by atoms with Gasteiger partial charge in [-0.1, -0.05) is 12.1 Å². The molecule has 1 heterocycles. The summed E-state index contributed by atoms with van der Waals surface area (Å²) in [5, 5.41) is 3.88. The molecule has 0 saturated heterocycles. The van der Waals surface area contributed by atoms with Gasteiger partial charge in [0.2, 0.25) is 0 Å². The van der Waals surface area contributed by atoms with Gasteiger partial charge in [0.25, 0.3) is 5.91 Å². The largest absolute Gasteiger partial charge is 0.321 e. The lowest BCUT2D eigenvalue weighted by atomic mass is 10.1. The van der Waals surface area contributed by atoms with Crippen molar-refractivity contribution in [3.8, 4) is 0 Å². The molecule has 0 spiro atoms. The molecule has 0 aliphatic carbocycles. The molecule has 0 unspecified atom stereocenters. The Labute approximate surface area is 131 Å². The van der Waals surface area contributed by atoms with Crippen LogP contribution in [0.3, 0.4) is 0 Å². The Morgan fingerprint density at radius 1 is 1.14 bits per heavy atom. The van der Waals surface area contributed by atoms with Crippen LogP contribution in [0.4, 0.5) is 5.69 Å². The number of rotatable bonds is 2. The van der Waals surface area contributed by atoms with Crippen LogP contribution < -0.4 is 5.32 Å². The van der Waals surface area contributed by atoms with Gasteiger partial charge >= 0.3 is 0 Å². The molecule has 4 heteroatoms. The number of nitrogens with zero attached hydrogens (tertiary/aromatic N) is 1. The summed E-state index contributed by atoms with van der Waals surface area (Å²) in [4.78, 5) is 16.6. The minimum absolute atomic E-state index is 0.132. The second-order valence-electron chi connectivity index (χ2n) is 4.85. The van der Waals surface area contributed by atoms with E-state index < -0.39 is 0 Å². The van der Waals surface area contributed by atoms with E-state index in [0.29, 0.717) is 5.56 Å². The van der Waals surface area contributed by atoms with Gasteiger partial charge in [0, 0.05) is 21.6 Å². The molecule has 0 aliphatic heterocycles. The van der Waals surface area contributed by atoms with Crippen LogP contribution in [0.15, 0.2) is 59.2 Å². The van der Waals surface area contributed by atoms with Crippen molar-refractivity contribution in [2.45, 2.75) is 6.92 Å². The summed E-state index contributed by atoms with van der Waals surface area (Å²) in [7, 11) is 0. The summed E-state index contributed by atoms with van der Waals surface area (Å²) in [6.45, 7) is 1.99.